The van der Waals surface area contributed by atoms with Crippen LogP contribution in [0, 0.1) is 11.3 Å². The SMILES string of the molecule is COC(=O)C1CCC(C)(C)C1. The summed E-state index contributed by atoms with van der Waals surface area (Å²) in [5.41, 5.74) is 0.346. The van der Waals surface area contributed by atoms with Gasteiger partial charge in [-0.25, -0.2) is 0 Å². The second-order valence-electron chi connectivity index (χ2n) is 4.13. The first kappa shape index (κ1) is 8.57. The average molecular weight is 156 g/mol. The van der Waals surface area contributed by atoms with Crippen LogP contribution in [0.4, 0.5) is 0 Å². The van der Waals surface area contributed by atoms with Crippen molar-refractivity contribution in [2.24, 2.45) is 11.3 Å². The second kappa shape index (κ2) is 2.84. The molecule has 0 N–H and O–H groups in total. The van der Waals surface area contributed by atoms with Crippen molar-refractivity contribution in [2.45, 2.75) is 33.1 Å². The topological polar surface area (TPSA) is 26.3 Å². The quantitative estimate of drug-likeness (QED) is 0.543. The van der Waals surface area contributed by atoms with Gasteiger partial charge in [-0.3, -0.25) is 4.79 Å². The lowest BCUT2D eigenvalue weighted by Crippen LogP contribution is -2.14. The molecule has 1 saturated carbocycles. The number of hydrogen-bond donors (Lipinski definition) is 0. The highest BCUT2D eigenvalue weighted by Gasteiger charge is 2.35. The molecule has 1 fully saturated rings. The van der Waals surface area contributed by atoms with Crippen LogP contribution in [0.15, 0.2) is 0 Å². The molecule has 0 aromatic heterocycles. The van der Waals surface area contributed by atoms with Crippen LogP contribution in [-0.2, 0) is 9.53 Å². The maximum Gasteiger partial charge on any atom is 0.308 e. The van der Waals surface area contributed by atoms with Gasteiger partial charge in [0.2, 0.25) is 0 Å². The molecule has 1 aliphatic rings. The number of esters is 1. The number of carbonyl (C=O) groups is 1. The maximum atomic E-state index is 11.1. The largest absolute Gasteiger partial charge is 0.469 e. The molecule has 1 atom stereocenters. The molecule has 0 aliphatic heterocycles. The van der Waals surface area contributed by atoms with Gasteiger partial charge in [-0.2, -0.15) is 0 Å². The number of methoxy groups -OCH3 is 1. The fourth-order valence-corrected chi connectivity index (χ4v) is 1.80. The van der Waals surface area contributed by atoms with E-state index < -0.39 is 0 Å². The summed E-state index contributed by atoms with van der Waals surface area (Å²) in [5.74, 6) is 0.130. The summed E-state index contributed by atoms with van der Waals surface area (Å²) in [6, 6.07) is 0. The zero-order chi connectivity index (χ0) is 8.48. The molecule has 1 rings (SSSR count). The highest BCUT2D eigenvalue weighted by Crippen LogP contribution is 2.41. The summed E-state index contributed by atoms with van der Waals surface area (Å²) < 4.78 is 4.69. The van der Waals surface area contributed by atoms with Crippen molar-refractivity contribution in [1.29, 1.82) is 0 Å². The van der Waals surface area contributed by atoms with Gasteiger partial charge in [-0.05, 0) is 24.7 Å². The molecule has 0 saturated heterocycles. The molecule has 2 heteroatoms. The minimum Gasteiger partial charge on any atom is -0.469 e. The summed E-state index contributed by atoms with van der Waals surface area (Å²) in [6.07, 6.45) is 3.13. The molecule has 0 spiro atoms. The maximum absolute atomic E-state index is 11.1. The monoisotopic (exact) mass is 156 g/mol. The normalized spacial score (nSPS) is 28.5. The van der Waals surface area contributed by atoms with Gasteiger partial charge in [-0.15, -0.1) is 0 Å². The Bertz CT molecular complexity index is 161. The van der Waals surface area contributed by atoms with Crippen LogP contribution in [0.5, 0.6) is 0 Å². The molecule has 0 aromatic carbocycles. The van der Waals surface area contributed by atoms with Gasteiger partial charge < -0.3 is 4.74 Å². The summed E-state index contributed by atoms with van der Waals surface area (Å²) in [5, 5.41) is 0. The summed E-state index contributed by atoms with van der Waals surface area (Å²) >= 11 is 0. The van der Waals surface area contributed by atoms with Crippen LogP contribution < -0.4 is 0 Å². The molecule has 64 valence electrons. The van der Waals surface area contributed by atoms with Crippen LogP contribution in [0.1, 0.15) is 33.1 Å². The van der Waals surface area contributed by atoms with Gasteiger partial charge in [0.1, 0.15) is 0 Å². The Morgan fingerprint density at radius 2 is 2.18 bits per heavy atom. The average Bonchev–Trinajstić information content (AvgIpc) is 2.29. The first-order chi connectivity index (χ1) is 5.05. The van der Waals surface area contributed by atoms with Crippen molar-refractivity contribution in [3.63, 3.8) is 0 Å². The lowest BCUT2D eigenvalue weighted by atomic mass is 9.91. The van der Waals surface area contributed by atoms with E-state index in [9.17, 15) is 4.79 Å². The Balaban J connectivity index is 2.48. The van der Waals surface area contributed by atoms with Crippen LogP contribution in [0.3, 0.4) is 0 Å². The number of ether oxygens (including phenoxy) is 1. The Hall–Kier alpha value is -0.530. The minimum atomic E-state index is -0.0319. The summed E-state index contributed by atoms with van der Waals surface area (Å²) in [7, 11) is 1.47. The van der Waals surface area contributed by atoms with E-state index in [2.05, 4.69) is 18.6 Å². The van der Waals surface area contributed by atoms with Gasteiger partial charge in [-0.1, -0.05) is 13.8 Å². The van der Waals surface area contributed by atoms with Crippen molar-refractivity contribution in [3.8, 4) is 0 Å². The molecule has 1 unspecified atom stereocenters. The van der Waals surface area contributed by atoms with E-state index in [1.807, 2.05) is 0 Å². The predicted molar refractivity (Wildman–Crippen MR) is 43.1 cm³/mol. The molecule has 0 heterocycles. The standard InChI is InChI=1S/C9H16O2/c1-9(2)5-4-7(6-9)8(10)11-3/h7H,4-6H2,1-3H3. The van der Waals surface area contributed by atoms with Crippen molar-refractivity contribution in [2.75, 3.05) is 7.11 Å². The van der Waals surface area contributed by atoms with E-state index in [0.29, 0.717) is 5.41 Å². The highest BCUT2D eigenvalue weighted by molar-refractivity contribution is 5.72. The first-order valence-corrected chi connectivity index (χ1v) is 4.13. The van der Waals surface area contributed by atoms with E-state index in [0.717, 1.165) is 19.3 Å². The van der Waals surface area contributed by atoms with Gasteiger partial charge in [0.15, 0.2) is 0 Å². The molecule has 0 amide bonds. The minimum absolute atomic E-state index is 0.0319. The molecule has 11 heavy (non-hydrogen) atoms. The Morgan fingerprint density at radius 1 is 1.55 bits per heavy atom. The number of carbonyl (C=O) groups excluding carboxylic acids is 1. The van der Waals surface area contributed by atoms with Gasteiger partial charge >= 0.3 is 5.97 Å². The Kier molecular flexibility index (Phi) is 2.21. The smallest absolute Gasteiger partial charge is 0.308 e. The Morgan fingerprint density at radius 3 is 2.55 bits per heavy atom. The molecular weight excluding hydrogens is 140 g/mol. The van der Waals surface area contributed by atoms with Crippen LogP contribution in [-0.4, -0.2) is 13.1 Å². The van der Waals surface area contributed by atoms with Gasteiger partial charge in [0.05, 0.1) is 13.0 Å². The predicted octanol–water partition coefficient (Wildman–Crippen LogP) is 1.99. The van der Waals surface area contributed by atoms with Crippen LogP contribution in [0.25, 0.3) is 0 Å². The third-order valence-corrected chi connectivity index (χ3v) is 2.50. The lowest BCUT2D eigenvalue weighted by Gasteiger charge is -2.15. The molecule has 0 radical (unpaired) electrons. The molecule has 2 nitrogen and oxygen atoms in total. The third-order valence-electron chi connectivity index (χ3n) is 2.50. The van der Waals surface area contributed by atoms with E-state index >= 15 is 0 Å². The summed E-state index contributed by atoms with van der Waals surface area (Å²) in [6.45, 7) is 4.41. The van der Waals surface area contributed by atoms with Crippen molar-refractivity contribution >= 4 is 5.97 Å². The van der Waals surface area contributed by atoms with Crippen LogP contribution in [0.2, 0.25) is 0 Å². The van der Waals surface area contributed by atoms with E-state index in [4.69, 9.17) is 0 Å². The fraction of sp³-hybridized carbons (Fsp3) is 0.889. The second-order valence-corrected chi connectivity index (χ2v) is 4.13. The zero-order valence-corrected chi connectivity index (χ0v) is 7.52. The highest BCUT2D eigenvalue weighted by atomic mass is 16.5. The zero-order valence-electron chi connectivity index (χ0n) is 7.52. The number of hydrogen-bond acceptors (Lipinski definition) is 2. The molecule has 0 bridgehead atoms. The van der Waals surface area contributed by atoms with Crippen LogP contribution >= 0.6 is 0 Å². The molecule has 1 aliphatic carbocycles. The van der Waals surface area contributed by atoms with Gasteiger partial charge in [0, 0.05) is 0 Å². The lowest BCUT2D eigenvalue weighted by molar-refractivity contribution is -0.145. The van der Waals surface area contributed by atoms with Crippen molar-refractivity contribution < 1.29 is 9.53 Å². The molecule has 0 aromatic rings. The van der Waals surface area contributed by atoms with Crippen molar-refractivity contribution in [3.05, 3.63) is 0 Å². The molecular formula is C9H16O2. The van der Waals surface area contributed by atoms with E-state index in [1.165, 1.54) is 7.11 Å². The first-order valence-electron chi connectivity index (χ1n) is 4.13. The third kappa shape index (κ3) is 1.95. The number of rotatable bonds is 1. The van der Waals surface area contributed by atoms with Crippen molar-refractivity contribution in [1.82, 2.24) is 0 Å². The Labute approximate surface area is 67.9 Å². The van der Waals surface area contributed by atoms with E-state index in [-0.39, 0.29) is 11.9 Å². The summed E-state index contributed by atoms with van der Waals surface area (Å²) in [4.78, 5) is 11.1. The van der Waals surface area contributed by atoms with Gasteiger partial charge in [0.25, 0.3) is 0 Å². The fourth-order valence-electron chi connectivity index (χ4n) is 1.80. The van der Waals surface area contributed by atoms with E-state index in [1.54, 1.807) is 0 Å².